The molecule has 1 aliphatic heterocycles. The number of rotatable bonds is 3. The van der Waals surface area contributed by atoms with Crippen molar-refractivity contribution in [2.75, 3.05) is 19.6 Å². The zero-order chi connectivity index (χ0) is 13.1. The second-order valence-electron chi connectivity index (χ2n) is 6.05. The SMILES string of the molecule is CCN1CCC(C)C(c2ccccc2C(C)C)C1. The molecule has 1 nitrogen and oxygen atoms in total. The van der Waals surface area contributed by atoms with E-state index in [1.807, 2.05) is 0 Å². The van der Waals surface area contributed by atoms with Crippen molar-refractivity contribution in [2.24, 2.45) is 5.92 Å². The maximum atomic E-state index is 2.60. The first-order valence-electron chi connectivity index (χ1n) is 7.44. The Balaban J connectivity index is 2.28. The summed E-state index contributed by atoms with van der Waals surface area (Å²) in [5.41, 5.74) is 3.14. The average molecular weight is 245 g/mol. The summed E-state index contributed by atoms with van der Waals surface area (Å²) < 4.78 is 0. The van der Waals surface area contributed by atoms with Crippen LogP contribution in [-0.4, -0.2) is 24.5 Å². The largest absolute Gasteiger partial charge is 0.303 e. The fourth-order valence-corrected chi connectivity index (χ4v) is 3.20. The van der Waals surface area contributed by atoms with Crippen molar-refractivity contribution in [2.45, 2.75) is 46.0 Å². The molecule has 0 amide bonds. The summed E-state index contributed by atoms with van der Waals surface area (Å²) in [5.74, 6) is 2.16. The number of likely N-dealkylation sites (N-methyl/N-ethyl adjacent to an activating group) is 1. The summed E-state index contributed by atoms with van der Waals surface area (Å²) in [4.78, 5) is 2.60. The predicted molar refractivity (Wildman–Crippen MR) is 79.2 cm³/mol. The summed E-state index contributed by atoms with van der Waals surface area (Å²) in [6.07, 6.45) is 1.34. The van der Waals surface area contributed by atoms with Gasteiger partial charge in [-0.25, -0.2) is 0 Å². The van der Waals surface area contributed by atoms with Crippen molar-refractivity contribution < 1.29 is 0 Å². The Labute approximate surface area is 112 Å². The Morgan fingerprint density at radius 3 is 2.67 bits per heavy atom. The van der Waals surface area contributed by atoms with Gasteiger partial charge in [-0.1, -0.05) is 52.0 Å². The maximum absolute atomic E-state index is 2.60. The quantitative estimate of drug-likeness (QED) is 0.769. The van der Waals surface area contributed by atoms with Crippen molar-refractivity contribution in [1.82, 2.24) is 4.90 Å². The molecule has 0 N–H and O–H groups in total. The average Bonchev–Trinajstić information content (AvgIpc) is 2.39. The molecule has 1 heteroatoms. The van der Waals surface area contributed by atoms with Gasteiger partial charge in [0.2, 0.25) is 0 Å². The van der Waals surface area contributed by atoms with Crippen LogP contribution in [0.25, 0.3) is 0 Å². The smallest absolute Gasteiger partial charge is 0.00528 e. The van der Waals surface area contributed by atoms with E-state index in [1.165, 1.54) is 26.1 Å². The number of piperidine rings is 1. The van der Waals surface area contributed by atoms with Crippen LogP contribution in [0.1, 0.15) is 57.1 Å². The van der Waals surface area contributed by atoms with Gasteiger partial charge in [-0.15, -0.1) is 0 Å². The van der Waals surface area contributed by atoms with E-state index in [1.54, 1.807) is 11.1 Å². The van der Waals surface area contributed by atoms with Crippen molar-refractivity contribution in [1.29, 1.82) is 0 Å². The summed E-state index contributed by atoms with van der Waals surface area (Å²) >= 11 is 0. The molecule has 1 aromatic carbocycles. The van der Waals surface area contributed by atoms with Crippen LogP contribution in [0.15, 0.2) is 24.3 Å². The molecular weight excluding hydrogens is 218 g/mol. The molecule has 0 radical (unpaired) electrons. The van der Waals surface area contributed by atoms with Gasteiger partial charge in [-0.05, 0) is 48.4 Å². The second-order valence-corrected chi connectivity index (χ2v) is 6.05. The highest BCUT2D eigenvalue weighted by Crippen LogP contribution is 2.35. The van der Waals surface area contributed by atoms with E-state index >= 15 is 0 Å². The first-order valence-corrected chi connectivity index (χ1v) is 7.44. The third kappa shape index (κ3) is 2.77. The molecule has 100 valence electrons. The lowest BCUT2D eigenvalue weighted by molar-refractivity contribution is 0.174. The number of nitrogens with zero attached hydrogens (tertiary/aromatic N) is 1. The van der Waals surface area contributed by atoms with Crippen molar-refractivity contribution in [3.05, 3.63) is 35.4 Å². The van der Waals surface area contributed by atoms with Crippen LogP contribution < -0.4 is 0 Å². The van der Waals surface area contributed by atoms with Crippen LogP contribution in [0.2, 0.25) is 0 Å². The number of hydrogen-bond donors (Lipinski definition) is 0. The van der Waals surface area contributed by atoms with Gasteiger partial charge in [0, 0.05) is 6.54 Å². The minimum Gasteiger partial charge on any atom is -0.303 e. The molecule has 0 aliphatic carbocycles. The van der Waals surface area contributed by atoms with E-state index in [-0.39, 0.29) is 0 Å². The monoisotopic (exact) mass is 245 g/mol. The number of benzene rings is 1. The van der Waals surface area contributed by atoms with Gasteiger partial charge >= 0.3 is 0 Å². The fourth-order valence-electron chi connectivity index (χ4n) is 3.20. The Hall–Kier alpha value is -0.820. The van der Waals surface area contributed by atoms with Crippen molar-refractivity contribution in [3.63, 3.8) is 0 Å². The van der Waals surface area contributed by atoms with Crippen molar-refractivity contribution in [3.8, 4) is 0 Å². The van der Waals surface area contributed by atoms with Gasteiger partial charge in [0.1, 0.15) is 0 Å². The molecular formula is C17H27N. The van der Waals surface area contributed by atoms with E-state index in [0.717, 1.165) is 11.8 Å². The van der Waals surface area contributed by atoms with E-state index in [9.17, 15) is 0 Å². The molecule has 0 bridgehead atoms. The standard InChI is InChI=1S/C17H27N/c1-5-18-11-10-14(4)17(12-18)16-9-7-6-8-15(16)13(2)3/h6-9,13-14,17H,5,10-12H2,1-4H3. The number of likely N-dealkylation sites (tertiary alicyclic amines) is 1. The van der Waals surface area contributed by atoms with Gasteiger partial charge in [-0.2, -0.15) is 0 Å². The van der Waals surface area contributed by atoms with Gasteiger partial charge in [0.25, 0.3) is 0 Å². The van der Waals surface area contributed by atoms with Gasteiger partial charge in [-0.3, -0.25) is 0 Å². The maximum Gasteiger partial charge on any atom is 0.00528 e. The lowest BCUT2D eigenvalue weighted by Gasteiger charge is -2.38. The van der Waals surface area contributed by atoms with Gasteiger partial charge in [0.05, 0.1) is 0 Å². The summed E-state index contributed by atoms with van der Waals surface area (Å²) in [5, 5.41) is 0. The molecule has 1 fully saturated rings. The van der Waals surface area contributed by atoms with Crippen LogP contribution in [0.4, 0.5) is 0 Å². The molecule has 1 aliphatic rings. The minimum absolute atomic E-state index is 0.630. The Kier molecular flexibility index (Phi) is 4.45. The zero-order valence-corrected chi connectivity index (χ0v) is 12.3. The second kappa shape index (κ2) is 5.88. The first-order chi connectivity index (χ1) is 8.63. The molecule has 2 unspecified atom stereocenters. The lowest BCUT2D eigenvalue weighted by Crippen LogP contribution is -2.38. The molecule has 2 atom stereocenters. The summed E-state index contributed by atoms with van der Waals surface area (Å²) in [6, 6.07) is 9.07. The Morgan fingerprint density at radius 2 is 2.00 bits per heavy atom. The molecule has 1 heterocycles. The predicted octanol–water partition coefficient (Wildman–Crippen LogP) is 4.26. The highest BCUT2D eigenvalue weighted by molar-refractivity contribution is 5.33. The highest BCUT2D eigenvalue weighted by Gasteiger charge is 2.28. The van der Waals surface area contributed by atoms with Crippen molar-refractivity contribution >= 4 is 0 Å². The van der Waals surface area contributed by atoms with Gasteiger partial charge in [0.15, 0.2) is 0 Å². The van der Waals surface area contributed by atoms with E-state index in [4.69, 9.17) is 0 Å². The number of hydrogen-bond acceptors (Lipinski definition) is 1. The normalized spacial score (nSPS) is 25.6. The van der Waals surface area contributed by atoms with Crippen LogP contribution in [0.3, 0.4) is 0 Å². The minimum atomic E-state index is 0.630. The molecule has 0 aromatic heterocycles. The zero-order valence-electron chi connectivity index (χ0n) is 12.3. The molecule has 0 spiro atoms. The fraction of sp³-hybridized carbons (Fsp3) is 0.647. The molecule has 18 heavy (non-hydrogen) atoms. The van der Waals surface area contributed by atoms with E-state index in [0.29, 0.717) is 5.92 Å². The molecule has 1 aromatic rings. The lowest BCUT2D eigenvalue weighted by atomic mass is 9.78. The van der Waals surface area contributed by atoms with E-state index < -0.39 is 0 Å². The van der Waals surface area contributed by atoms with Crippen LogP contribution in [0.5, 0.6) is 0 Å². The third-order valence-corrected chi connectivity index (χ3v) is 4.51. The molecule has 2 rings (SSSR count). The van der Waals surface area contributed by atoms with Gasteiger partial charge < -0.3 is 4.90 Å². The van der Waals surface area contributed by atoms with Crippen LogP contribution in [-0.2, 0) is 0 Å². The van der Waals surface area contributed by atoms with Crippen LogP contribution >= 0.6 is 0 Å². The highest BCUT2D eigenvalue weighted by atomic mass is 15.1. The summed E-state index contributed by atoms with van der Waals surface area (Å²) in [6.45, 7) is 13.0. The first kappa shape index (κ1) is 13.6. The third-order valence-electron chi connectivity index (χ3n) is 4.51. The molecule has 0 saturated carbocycles. The van der Waals surface area contributed by atoms with E-state index in [2.05, 4.69) is 56.9 Å². The van der Waals surface area contributed by atoms with Crippen LogP contribution in [0, 0.1) is 5.92 Å². The topological polar surface area (TPSA) is 3.24 Å². The Morgan fingerprint density at radius 1 is 1.28 bits per heavy atom. The summed E-state index contributed by atoms with van der Waals surface area (Å²) in [7, 11) is 0. The molecule has 1 saturated heterocycles. The Bertz CT molecular complexity index is 383.